The molecule has 0 bridgehead atoms. The first-order valence-corrected chi connectivity index (χ1v) is 4.14. The molecule has 2 rings (SSSR count). The highest BCUT2D eigenvalue weighted by Gasteiger charge is 2.00. The van der Waals surface area contributed by atoms with Gasteiger partial charge in [0.05, 0.1) is 6.54 Å². The lowest BCUT2D eigenvalue weighted by Crippen LogP contribution is -2.09. The molecule has 1 aromatic heterocycles. The molecule has 0 aliphatic rings. The van der Waals surface area contributed by atoms with Crippen LogP contribution in [0.2, 0.25) is 0 Å². The maximum Gasteiger partial charge on any atom is 0.207 e. The molecular formula is C10H10N2O. The number of H-pyrrole nitrogens is 1. The van der Waals surface area contributed by atoms with Crippen molar-refractivity contribution in [3.05, 3.63) is 36.2 Å². The normalized spacial score (nSPS) is 10.2. The second-order valence-electron chi connectivity index (χ2n) is 2.85. The number of carbonyl (C=O) groups excluding carboxylic acids is 1. The third-order valence-electron chi connectivity index (χ3n) is 2.05. The minimum atomic E-state index is 0.553. The summed E-state index contributed by atoms with van der Waals surface area (Å²) in [5.41, 5.74) is 1.04. The van der Waals surface area contributed by atoms with Crippen LogP contribution < -0.4 is 5.32 Å². The van der Waals surface area contributed by atoms with Crippen molar-refractivity contribution < 1.29 is 4.79 Å². The highest BCUT2D eigenvalue weighted by atomic mass is 16.1. The maximum absolute atomic E-state index is 10.1. The minimum Gasteiger partial charge on any atom is -0.362 e. The quantitative estimate of drug-likeness (QED) is 0.679. The summed E-state index contributed by atoms with van der Waals surface area (Å²) >= 11 is 0. The number of rotatable bonds is 3. The summed E-state index contributed by atoms with van der Waals surface area (Å²) in [6.45, 7) is 0.553. The Morgan fingerprint density at radius 3 is 3.08 bits per heavy atom. The third-order valence-corrected chi connectivity index (χ3v) is 2.05. The van der Waals surface area contributed by atoms with Gasteiger partial charge in [-0.25, -0.2) is 0 Å². The fourth-order valence-corrected chi connectivity index (χ4v) is 1.43. The minimum absolute atomic E-state index is 0.553. The smallest absolute Gasteiger partial charge is 0.207 e. The van der Waals surface area contributed by atoms with Gasteiger partial charge in [0.15, 0.2) is 0 Å². The number of aromatic nitrogens is 1. The van der Waals surface area contributed by atoms with E-state index in [1.54, 1.807) is 0 Å². The number of aromatic amines is 1. The average Bonchev–Trinajstić information content (AvgIpc) is 2.58. The van der Waals surface area contributed by atoms with E-state index < -0.39 is 0 Å². The summed E-state index contributed by atoms with van der Waals surface area (Å²) in [6, 6.07) is 8.05. The molecular weight excluding hydrogens is 164 g/mol. The van der Waals surface area contributed by atoms with Crippen molar-refractivity contribution in [2.75, 3.05) is 0 Å². The Hall–Kier alpha value is -1.77. The molecule has 0 saturated carbocycles. The van der Waals surface area contributed by atoms with E-state index in [0.717, 1.165) is 11.1 Å². The third kappa shape index (κ3) is 1.40. The van der Waals surface area contributed by atoms with Crippen molar-refractivity contribution in [2.24, 2.45) is 0 Å². The maximum atomic E-state index is 10.1. The zero-order chi connectivity index (χ0) is 9.10. The lowest BCUT2D eigenvalue weighted by molar-refractivity contribution is -0.109. The van der Waals surface area contributed by atoms with Crippen LogP contribution in [-0.4, -0.2) is 11.4 Å². The molecule has 13 heavy (non-hydrogen) atoms. The van der Waals surface area contributed by atoms with Gasteiger partial charge >= 0.3 is 0 Å². The second kappa shape index (κ2) is 3.31. The van der Waals surface area contributed by atoms with E-state index in [9.17, 15) is 4.79 Å². The van der Waals surface area contributed by atoms with Gasteiger partial charge in [0.25, 0.3) is 0 Å². The van der Waals surface area contributed by atoms with E-state index in [1.165, 1.54) is 5.39 Å². The van der Waals surface area contributed by atoms with E-state index in [2.05, 4.69) is 10.3 Å². The molecule has 0 atom stereocenters. The summed E-state index contributed by atoms with van der Waals surface area (Å²) in [4.78, 5) is 13.2. The molecule has 0 spiro atoms. The van der Waals surface area contributed by atoms with Crippen molar-refractivity contribution >= 4 is 17.2 Å². The lowest BCUT2D eigenvalue weighted by atomic mass is 10.2. The number of amides is 1. The van der Waals surface area contributed by atoms with Crippen LogP contribution >= 0.6 is 0 Å². The van der Waals surface area contributed by atoms with Crippen LogP contribution in [-0.2, 0) is 11.3 Å². The second-order valence-corrected chi connectivity index (χ2v) is 2.85. The Morgan fingerprint density at radius 2 is 2.23 bits per heavy atom. The van der Waals surface area contributed by atoms with Crippen LogP contribution in [0.3, 0.4) is 0 Å². The van der Waals surface area contributed by atoms with E-state index in [-0.39, 0.29) is 0 Å². The van der Waals surface area contributed by atoms with Gasteiger partial charge in [-0.3, -0.25) is 4.79 Å². The zero-order valence-electron chi connectivity index (χ0n) is 7.08. The first-order chi connectivity index (χ1) is 6.42. The fraction of sp³-hybridized carbons (Fsp3) is 0.100. The highest BCUT2D eigenvalue weighted by molar-refractivity contribution is 5.85. The van der Waals surface area contributed by atoms with Gasteiger partial charge in [-0.05, 0) is 5.39 Å². The Kier molecular flexibility index (Phi) is 2.00. The van der Waals surface area contributed by atoms with Crippen LogP contribution in [0, 0.1) is 0 Å². The molecule has 0 aliphatic heterocycles. The van der Waals surface area contributed by atoms with E-state index in [4.69, 9.17) is 0 Å². The predicted molar refractivity (Wildman–Crippen MR) is 51.2 cm³/mol. The number of nitrogens with one attached hydrogen (secondary N) is 2. The number of hydrogen-bond donors (Lipinski definition) is 2. The van der Waals surface area contributed by atoms with E-state index in [1.807, 2.05) is 30.5 Å². The molecule has 2 N–H and O–H groups in total. The van der Waals surface area contributed by atoms with Crippen molar-refractivity contribution in [1.29, 1.82) is 0 Å². The number of hydrogen-bond acceptors (Lipinski definition) is 1. The molecule has 3 heteroatoms. The van der Waals surface area contributed by atoms with Crippen molar-refractivity contribution in [1.82, 2.24) is 10.3 Å². The highest BCUT2D eigenvalue weighted by Crippen LogP contribution is 2.16. The molecule has 3 nitrogen and oxygen atoms in total. The predicted octanol–water partition coefficient (Wildman–Crippen LogP) is 1.41. The summed E-state index contributed by atoms with van der Waals surface area (Å²) in [5, 5.41) is 4.97. The largest absolute Gasteiger partial charge is 0.362 e. The molecule has 2 aromatic rings. The Balaban J connectivity index is 2.40. The van der Waals surface area contributed by atoms with Crippen molar-refractivity contribution in [2.45, 2.75) is 6.54 Å². The summed E-state index contributed by atoms with van der Waals surface area (Å²) in [7, 11) is 0. The Bertz CT molecular complexity index is 420. The SMILES string of the molecule is O=CNCc1[nH]cc2ccccc12. The van der Waals surface area contributed by atoms with Crippen molar-refractivity contribution in [3.8, 4) is 0 Å². The first-order valence-electron chi connectivity index (χ1n) is 4.14. The Morgan fingerprint density at radius 1 is 1.38 bits per heavy atom. The number of carbonyl (C=O) groups is 1. The molecule has 1 aromatic carbocycles. The van der Waals surface area contributed by atoms with E-state index in [0.29, 0.717) is 13.0 Å². The fourth-order valence-electron chi connectivity index (χ4n) is 1.43. The summed E-state index contributed by atoms with van der Waals surface area (Å²) < 4.78 is 0. The number of benzene rings is 1. The molecule has 1 heterocycles. The van der Waals surface area contributed by atoms with Gasteiger partial charge in [0, 0.05) is 17.3 Å². The topological polar surface area (TPSA) is 44.9 Å². The van der Waals surface area contributed by atoms with Crippen LogP contribution in [0.25, 0.3) is 10.8 Å². The Labute approximate surface area is 75.8 Å². The zero-order valence-corrected chi connectivity index (χ0v) is 7.08. The number of fused-ring (bicyclic) bond motifs is 1. The van der Waals surface area contributed by atoms with Gasteiger partial charge in [-0.2, -0.15) is 0 Å². The molecule has 66 valence electrons. The first kappa shape index (κ1) is 7.86. The van der Waals surface area contributed by atoms with Gasteiger partial charge in [-0.15, -0.1) is 0 Å². The van der Waals surface area contributed by atoms with Crippen LogP contribution in [0.5, 0.6) is 0 Å². The summed E-state index contributed by atoms with van der Waals surface area (Å²) in [5.74, 6) is 0. The molecule has 0 saturated heterocycles. The molecule has 1 amide bonds. The average molecular weight is 174 g/mol. The lowest BCUT2D eigenvalue weighted by Gasteiger charge is -1.96. The van der Waals surface area contributed by atoms with Crippen LogP contribution in [0.15, 0.2) is 30.5 Å². The monoisotopic (exact) mass is 174 g/mol. The van der Waals surface area contributed by atoms with Gasteiger partial charge in [-0.1, -0.05) is 24.3 Å². The molecule has 0 radical (unpaired) electrons. The molecule has 0 unspecified atom stereocenters. The molecule has 0 aliphatic carbocycles. The van der Waals surface area contributed by atoms with Gasteiger partial charge < -0.3 is 10.3 Å². The van der Waals surface area contributed by atoms with Gasteiger partial charge in [0.2, 0.25) is 6.41 Å². The van der Waals surface area contributed by atoms with E-state index >= 15 is 0 Å². The summed E-state index contributed by atoms with van der Waals surface area (Å²) in [6.07, 6.45) is 2.65. The van der Waals surface area contributed by atoms with Crippen molar-refractivity contribution in [3.63, 3.8) is 0 Å². The van der Waals surface area contributed by atoms with Gasteiger partial charge in [0.1, 0.15) is 0 Å². The standard InChI is InChI=1S/C10H10N2O/c13-7-11-6-10-9-4-2-1-3-8(9)5-12-10/h1-5,7,12H,6H2,(H,11,13). The molecule has 0 fully saturated rings. The van der Waals surface area contributed by atoms with Crippen LogP contribution in [0.4, 0.5) is 0 Å². The van der Waals surface area contributed by atoms with Crippen LogP contribution in [0.1, 0.15) is 5.69 Å².